The maximum atomic E-state index is 14.1. The fourth-order valence-electron chi connectivity index (χ4n) is 8.04. The van der Waals surface area contributed by atoms with E-state index in [2.05, 4.69) is 15.1 Å². The number of carbonyl (C=O) groups excluding carboxylic acids is 4. The highest BCUT2D eigenvalue weighted by molar-refractivity contribution is 6.33. The predicted octanol–water partition coefficient (Wildman–Crippen LogP) is 5.11. The minimum Gasteiger partial charge on any atom is -0.465 e. The lowest BCUT2D eigenvalue weighted by molar-refractivity contribution is -0.145. The molecule has 4 heterocycles. The number of esters is 1. The Balaban J connectivity index is 1.08. The molecule has 0 aromatic heterocycles. The number of piperazine rings is 1. The first-order valence-corrected chi connectivity index (χ1v) is 19.9. The number of alkyl halides is 3. The summed E-state index contributed by atoms with van der Waals surface area (Å²) in [6.45, 7) is 6.93. The first kappa shape index (κ1) is 41.4. The summed E-state index contributed by atoms with van der Waals surface area (Å²) in [5.74, 6) is -0.751. The zero-order chi connectivity index (χ0) is 40.0. The van der Waals surface area contributed by atoms with E-state index >= 15 is 0 Å². The van der Waals surface area contributed by atoms with Crippen LogP contribution in [-0.2, 0) is 38.1 Å². The number of rotatable bonds is 11. The second-order valence-electron chi connectivity index (χ2n) is 15.0. The number of ether oxygens (including phenoxy) is 2. The summed E-state index contributed by atoms with van der Waals surface area (Å²) in [7, 11) is 0. The maximum absolute atomic E-state index is 14.1. The SMILES string of the molecule is CCCCOC(=O)CN1CC[C@@H](N2CCN(C(=O)[C@@H](Cc3cc(Cl)c(N)c(C(F)(F)F)c3)OC(=O)N3CCC(N4CCc5ccccc5NC4=O)CC3)CC2)C1. The number of unbranched alkanes of at least 4 members (excludes halogenated alkanes) is 1. The summed E-state index contributed by atoms with van der Waals surface area (Å²) in [6.07, 6.45) is -3.02. The molecule has 3 N–H and O–H groups in total. The lowest BCUT2D eigenvalue weighted by Gasteiger charge is -2.40. The third-order valence-electron chi connectivity index (χ3n) is 11.2. The van der Waals surface area contributed by atoms with Crippen molar-refractivity contribution in [3.05, 3.63) is 58.1 Å². The van der Waals surface area contributed by atoms with Gasteiger partial charge < -0.3 is 35.2 Å². The van der Waals surface area contributed by atoms with Gasteiger partial charge in [0.25, 0.3) is 5.91 Å². The minimum absolute atomic E-state index is 0.0486. The van der Waals surface area contributed by atoms with E-state index in [9.17, 15) is 32.3 Å². The van der Waals surface area contributed by atoms with Gasteiger partial charge in [-0.1, -0.05) is 43.1 Å². The molecule has 56 heavy (non-hydrogen) atoms. The molecule has 6 rings (SSSR count). The average molecular weight is 806 g/mol. The topological polar surface area (TPSA) is 141 Å². The van der Waals surface area contributed by atoms with E-state index in [1.54, 1.807) is 9.80 Å². The summed E-state index contributed by atoms with van der Waals surface area (Å²) < 4.78 is 52.8. The van der Waals surface area contributed by atoms with Gasteiger partial charge in [-0.3, -0.25) is 19.4 Å². The van der Waals surface area contributed by atoms with E-state index in [0.717, 1.165) is 43.1 Å². The summed E-state index contributed by atoms with van der Waals surface area (Å²) in [5.41, 5.74) is 5.80. The van der Waals surface area contributed by atoms with Crippen LogP contribution in [0.3, 0.4) is 0 Å². The number of nitrogens with zero attached hydrogens (tertiary/aromatic N) is 5. The van der Waals surface area contributed by atoms with Crippen LogP contribution in [0.15, 0.2) is 36.4 Å². The first-order chi connectivity index (χ1) is 26.8. The van der Waals surface area contributed by atoms with Crippen molar-refractivity contribution >= 4 is 47.0 Å². The molecule has 4 aliphatic rings. The predicted molar refractivity (Wildman–Crippen MR) is 204 cm³/mol. The number of nitrogens with two attached hydrogens (primary N) is 1. The van der Waals surface area contributed by atoms with Crippen molar-refractivity contribution in [1.82, 2.24) is 24.5 Å². The zero-order valence-electron chi connectivity index (χ0n) is 31.7. The van der Waals surface area contributed by atoms with Crippen LogP contribution in [-0.4, -0.2) is 139 Å². The molecular formula is C39H51ClF3N7O6. The Bertz CT molecular complexity index is 1730. The molecule has 4 amide bonds. The van der Waals surface area contributed by atoms with Gasteiger partial charge in [-0.15, -0.1) is 0 Å². The normalized spacial score (nSPS) is 20.6. The van der Waals surface area contributed by atoms with Gasteiger partial charge in [-0.2, -0.15) is 13.2 Å². The van der Waals surface area contributed by atoms with E-state index in [-0.39, 0.29) is 60.7 Å². The number of nitrogen functional groups attached to an aromatic ring is 1. The molecule has 0 bridgehead atoms. The summed E-state index contributed by atoms with van der Waals surface area (Å²) in [5, 5.41) is 2.67. The fourth-order valence-corrected chi connectivity index (χ4v) is 8.28. The highest BCUT2D eigenvalue weighted by Gasteiger charge is 2.39. The standard InChI is InChI=1S/C39H51ClF3N7O6/c1-2-3-20-55-34(51)25-46-12-9-29(24-46)47-16-18-48(19-17-47)36(52)33(23-26-21-30(39(41,42)43)35(44)31(40)22-26)56-38(54)49-13-10-28(11-14-49)50-15-8-27-6-4-5-7-32(27)45-37(50)53/h4-7,21-22,28-29,33H,2-3,8-20,23-25,44H2,1H3,(H,45,53)/t29-,33-/m1/s1. The number of benzene rings is 2. The first-order valence-electron chi connectivity index (χ1n) is 19.5. The Kier molecular flexibility index (Phi) is 13.5. The number of hydrogen-bond acceptors (Lipinski definition) is 9. The van der Waals surface area contributed by atoms with E-state index in [1.807, 2.05) is 31.2 Å². The van der Waals surface area contributed by atoms with E-state index in [4.69, 9.17) is 26.8 Å². The largest absolute Gasteiger partial charge is 0.465 e. The van der Waals surface area contributed by atoms with Crippen LogP contribution in [0, 0.1) is 0 Å². The van der Waals surface area contributed by atoms with Gasteiger partial charge in [0.2, 0.25) is 0 Å². The van der Waals surface area contributed by atoms with Crippen molar-refractivity contribution in [3.63, 3.8) is 0 Å². The van der Waals surface area contributed by atoms with Crippen molar-refractivity contribution in [3.8, 4) is 0 Å². The van der Waals surface area contributed by atoms with Gasteiger partial charge in [0, 0.05) is 83.1 Å². The van der Waals surface area contributed by atoms with Crippen LogP contribution < -0.4 is 11.1 Å². The average Bonchev–Trinajstić information content (AvgIpc) is 3.57. The molecule has 0 aliphatic carbocycles. The van der Waals surface area contributed by atoms with Crippen LogP contribution in [0.4, 0.5) is 34.1 Å². The molecule has 2 atom stereocenters. The third-order valence-corrected chi connectivity index (χ3v) is 11.6. The molecule has 4 aliphatic heterocycles. The summed E-state index contributed by atoms with van der Waals surface area (Å²) >= 11 is 6.13. The quantitative estimate of drug-likeness (QED) is 0.180. The van der Waals surface area contributed by atoms with E-state index in [1.165, 1.54) is 11.0 Å². The van der Waals surface area contributed by atoms with Crippen LogP contribution >= 0.6 is 11.6 Å². The third kappa shape index (κ3) is 10.2. The number of fused-ring (bicyclic) bond motifs is 1. The van der Waals surface area contributed by atoms with Crippen molar-refractivity contribution in [2.75, 3.05) is 83.1 Å². The molecule has 3 saturated heterocycles. The lowest BCUT2D eigenvalue weighted by Crippen LogP contribution is -2.55. The van der Waals surface area contributed by atoms with Crippen LogP contribution in [0.5, 0.6) is 0 Å². The molecule has 17 heteroatoms. The summed E-state index contributed by atoms with van der Waals surface area (Å²) in [4.78, 5) is 62.3. The Morgan fingerprint density at radius 3 is 2.39 bits per heavy atom. The van der Waals surface area contributed by atoms with Gasteiger partial charge >= 0.3 is 24.3 Å². The molecule has 306 valence electrons. The van der Waals surface area contributed by atoms with Crippen LogP contribution in [0.25, 0.3) is 0 Å². The van der Waals surface area contributed by atoms with E-state index in [0.29, 0.717) is 65.1 Å². The smallest absolute Gasteiger partial charge is 0.418 e. The van der Waals surface area contributed by atoms with Crippen molar-refractivity contribution in [1.29, 1.82) is 0 Å². The van der Waals surface area contributed by atoms with E-state index < -0.39 is 35.5 Å². The number of urea groups is 1. The van der Waals surface area contributed by atoms with Crippen LogP contribution in [0.2, 0.25) is 5.02 Å². The second-order valence-corrected chi connectivity index (χ2v) is 15.4. The number of nitrogens with one attached hydrogen (secondary N) is 1. The highest BCUT2D eigenvalue weighted by atomic mass is 35.5. The maximum Gasteiger partial charge on any atom is 0.418 e. The number of halogens is 4. The number of hydrogen-bond donors (Lipinski definition) is 2. The number of carbonyl (C=O) groups is 4. The van der Waals surface area contributed by atoms with Crippen LogP contribution in [0.1, 0.15) is 55.7 Å². The molecule has 0 unspecified atom stereocenters. The molecule has 3 fully saturated rings. The number of piperidine rings is 1. The zero-order valence-corrected chi connectivity index (χ0v) is 32.5. The van der Waals surface area contributed by atoms with Gasteiger partial charge in [0.1, 0.15) is 0 Å². The van der Waals surface area contributed by atoms with Crippen molar-refractivity contribution in [2.45, 2.75) is 76.2 Å². The highest BCUT2D eigenvalue weighted by Crippen LogP contribution is 2.38. The van der Waals surface area contributed by atoms with Crippen molar-refractivity contribution in [2.24, 2.45) is 0 Å². The molecule has 0 spiro atoms. The minimum atomic E-state index is -4.79. The molecule has 2 aromatic carbocycles. The fraction of sp³-hybridized carbons (Fsp3) is 0.590. The number of likely N-dealkylation sites (tertiary alicyclic amines) is 2. The number of anilines is 2. The monoisotopic (exact) mass is 805 g/mol. The number of para-hydroxylation sites is 1. The Hall–Kier alpha value is -4.28. The number of amides is 4. The molecule has 2 aromatic rings. The molecule has 13 nitrogen and oxygen atoms in total. The molecule has 0 radical (unpaired) electrons. The Labute approximate surface area is 330 Å². The summed E-state index contributed by atoms with van der Waals surface area (Å²) in [6, 6.07) is 9.64. The van der Waals surface area contributed by atoms with Gasteiger partial charge in [0.15, 0.2) is 6.10 Å². The Morgan fingerprint density at radius 2 is 1.68 bits per heavy atom. The van der Waals surface area contributed by atoms with Crippen molar-refractivity contribution < 1.29 is 41.8 Å². The van der Waals surface area contributed by atoms with Gasteiger partial charge in [-0.25, -0.2) is 9.59 Å². The Morgan fingerprint density at radius 1 is 0.964 bits per heavy atom. The van der Waals surface area contributed by atoms with Gasteiger partial charge in [-0.05, 0) is 61.4 Å². The molecule has 0 saturated carbocycles. The molecular weight excluding hydrogens is 755 g/mol. The lowest BCUT2D eigenvalue weighted by atomic mass is 10.0. The van der Waals surface area contributed by atoms with Gasteiger partial charge in [0.05, 0.1) is 29.4 Å². The second kappa shape index (κ2) is 18.3.